The SMILES string of the molecule is C[C@H]1COCCN1c1nc(-c2cnc(N)nc2C(F)F)nc(N2CCN(C(=O)CCO[C@@H]3CCCC[NH2+]C3)CC2)n1. The van der Waals surface area contributed by atoms with Gasteiger partial charge in [0.25, 0.3) is 6.43 Å². The third-order valence-corrected chi connectivity index (χ3v) is 7.72. The van der Waals surface area contributed by atoms with E-state index in [9.17, 15) is 13.6 Å². The first-order valence-electron chi connectivity index (χ1n) is 14.4. The van der Waals surface area contributed by atoms with Crippen LogP contribution in [0.3, 0.4) is 0 Å². The summed E-state index contributed by atoms with van der Waals surface area (Å²) in [4.78, 5) is 40.1. The molecule has 4 N–H and O–H groups in total. The number of quaternary nitrogens is 1. The maximum Gasteiger partial charge on any atom is 0.281 e. The van der Waals surface area contributed by atoms with E-state index in [0.29, 0.717) is 70.9 Å². The predicted octanol–water partition coefficient (Wildman–Crippen LogP) is 0.245. The Morgan fingerprint density at radius 2 is 1.95 bits per heavy atom. The number of halogens is 2. The van der Waals surface area contributed by atoms with Crippen molar-refractivity contribution in [2.24, 2.45) is 0 Å². The summed E-state index contributed by atoms with van der Waals surface area (Å²) < 4.78 is 39.3. The monoisotopic (exact) mass is 577 g/mol. The molecule has 0 saturated carbocycles. The number of ether oxygens (including phenoxy) is 2. The Hall–Kier alpha value is -3.30. The van der Waals surface area contributed by atoms with Crippen LogP contribution in [0.15, 0.2) is 6.20 Å². The highest BCUT2D eigenvalue weighted by molar-refractivity contribution is 5.76. The normalized spacial score (nSPS) is 22.2. The van der Waals surface area contributed by atoms with Crippen molar-refractivity contribution >= 4 is 23.8 Å². The molecule has 15 heteroatoms. The van der Waals surface area contributed by atoms with Crippen LogP contribution in [0.5, 0.6) is 0 Å². The number of carbonyl (C=O) groups excluding carboxylic acids is 1. The molecule has 5 heterocycles. The molecule has 2 aromatic heterocycles. The lowest BCUT2D eigenvalue weighted by atomic mass is 10.2. The van der Waals surface area contributed by atoms with Crippen molar-refractivity contribution in [3.05, 3.63) is 11.9 Å². The molecule has 13 nitrogen and oxygen atoms in total. The molecule has 5 rings (SSSR count). The second kappa shape index (κ2) is 13.6. The molecule has 0 radical (unpaired) electrons. The zero-order valence-electron chi connectivity index (χ0n) is 23.4. The van der Waals surface area contributed by atoms with Gasteiger partial charge in [0.05, 0.1) is 44.4 Å². The van der Waals surface area contributed by atoms with Crippen molar-refractivity contribution in [3.63, 3.8) is 0 Å². The average molecular weight is 578 g/mol. The Labute approximate surface area is 237 Å². The summed E-state index contributed by atoms with van der Waals surface area (Å²) in [5.41, 5.74) is 5.05. The highest BCUT2D eigenvalue weighted by Gasteiger charge is 2.29. The summed E-state index contributed by atoms with van der Waals surface area (Å²) in [6.45, 7) is 8.01. The van der Waals surface area contributed by atoms with Gasteiger partial charge in [0.1, 0.15) is 18.3 Å². The van der Waals surface area contributed by atoms with Gasteiger partial charge in [-0.05, 0) is 26.2 Å². The number of rotatable bonds is 8. The third kappa shape index (κ3) is 7.32. The fourth-order valence-corrected chi connectivity index (χ4v) is 5.38. The highest BCUT2D eigenvalue weighted by Crippen LogP contribution is 2.30. The number of amides is 1. The van der Waals surface area contributed by atoms with Gasteiger partial charge in [-0.3, -0.25) is 4.79 Å². The number of aromatic nitrogens is 5. The van der Waals surface area contributed by atoms with Crippen LogP contribution >= 0.6 is 0 Å². The summed E-state index contributed by atoms with van der Waals surface area (Å²) in [5.74, 6) is 0.566. The molecule has 0 aromatic carbocycles. The molecular formula is C26H39F2N10O3+. The van der Waals surface area contributed by atoms with Crippen LogP contribution in [0.4, 0.5) is 26.6 Å². The zero-order valence-corrected chi connectivity index (χ0v) is 23.4. The molecule has 2 atom stereocenters. The molecule has 224 valence electrons. The number of piperazine rings is 1. The van der Waals surface area contributed by atoms with Gasteiger partial charge in [-0.2, -0.15) is 15.0 Å². The van der Waals surface area contributed by atoms with Crippen LogP contribution in [-0.4, -0.2) is 114 Å². The fraction of sp³-hybridized carbons (Fsp3) is 0.692. The van der Waals surface area contributed by atoms with Crippen LogP contribution in [0.25, 0.3) is 11.4 Å². The number of hydrogen-bond acceptors (Lipinski definition) is 11. The summed E-state index contributed by atoms with van der Waals surface area (Å²) in [5, 5.41) is 2.28. The first-order valence-corrected chi connectivity index (χ1v) is 14.4. The van der Waals surface area contributed by atoms with Gasteiger partial charge in [0, 0.05) is 38.9 Å². The molecule has 3 aliphatic rings. The fourth-order valence-electron chi connectivity index (χ4n) is 5.38. The summed E-state index contributed by atoms with van der Waals surface area (Å²) >= 11 is 0. The standard InChI is InChI=1S/C26H38F2N10O3/c1-17-16-40-13-11-38(17)26-34-23(19-15-31-24(29)32-21(19)22(27)28)33-25(35-26)37-9-7-36(8-10-37)20(39)5-12-41-18-4-2-3-6-30-14-18/h15,17-18,22,30H,2-14,16H2,1H3,(H2,29,31,32)/p+1/t17-,18+/m0/s1. The number of nitrogens with zero attached hydrogens (tertiary/aromatic N) is 8. The van der Waals surface area contributed by atoms with E-state index in [0.717, 1.165) is 25.9 Å². The molecule has 2 aromatic rings. The minimum absolute atomic E-state index is 0.0000882. The molecule has 0 aliphatic carbocycles. The van der Waals surface area contributed by atoms with Crippen LogP contribution in [0.2, 0.25) is 0 Å². The van der Waals surface area contributed by atoms with Crippen LogP contribution < -0.4 is 20.9 Å². The Morgan fingerprint density at radius 1 is 1.15 bits per heavy atom. The smallest absolute Gasteiger partial charge is 0.281 e. The number of nitrogen functional groups attached to an aromatic ring is 1. The van der Waals surface area contributed by atoms with Crippen molar-refractivity contribution in [3.8, 4) is 11.4 Å². The number of carbonyl (C=O) groups is 1. The lowest BCUT2D eigenvalue weighted by Crippen LogP contribution is -2.85. The minimum atomic E-state index is -2.89. The first kappa shape index (κ1) is 29.2. The van der Waals surface area contributed by atoms with Gasteiger partial charge in [0.15, 0.2) is 5.82 Å². The van der Waals surface area contributed by atoms with Gasteiger partial charge in [-0.15, -0.1) is 0 Å². The van der Waals surface area contributed by atoms with E-state index in [4.69, 9.17) is 20.2 Å². The summed E-state index contributed by atoms with van der Waals surface area (Å²) in [6.07, 6.45) is 2.31. The second-order valence-electron chi connectivity index (χ2n) is 10.6. The lowest BCUT2D eigenvalue weighted by Gasteiger charge is -2.36. The Balaban J connectivity index is 1.29. The van der Waals surface area contributed by atoms with Crippen LogP contribution in [-0.2, 0) is 14.3 Å². The number of hydrogen-bond donors (Lipinski definition) is 2. The third-order valence-electron chi connectivity index (χ3n) is 7.72. The molecule has 1 amide bonds. The van der Waals surface area contributed by atoms with Crippen molar-refractivity contribution < 1.29 is 28.4 Å². The Kier molecular flexibility index (Phi) is 9.67. The second-order valence-corrected chi connectivity index (χ2v) is 10.6. The van der Waals surface area contributed by atoms with Gasteiger partial charge >= 0.3 is 0 Å². The van der Waals surface area contributed by atoms with E-state index >= 15 is 0 Å². The summed E-state index contributed by atoms with van der Waals surface area (Å²) in [6, 6.07) is -0.0170. The molecule has 0 bridgehead atoms. The van der Waals surface area contributed by atoms with Crippen LogP contribution in [0.1, 0.15) is 44.7 Å². The number of nitrogens with two attached hydrogens (primary N) is 2. The van der Waals surface area contributed by atoms with Crippen LogP contribution in [0, 0.1) is 0 Å². The molecule has 0 spiro atoms. The van der Waals surface area contributed by atoms with Gasteiger partial charge in [0.2, 0.25) is 23.8 Å². The average Bonchev–Trinajstić information content (AvgIpc) is 3.26. The molecule has 3 fully saturated rings. The van der Waals surface area contributed by atoms with Crippen molar-refractivity contribution in [2.45, 2.75) is 51.2 Å². The van der Waals surface area contributed by atoms with Gasteiger partial charge < -0.3 is 35.2 Å². The Bertz CT molecular complexity index is 1180. The maximum atomic E-state index is 13.9. The van der Waals surface area contributed by atoms with Crippen molar-refractivity contribution in [1.29, 1.82) is 0 Å². The first-order chi connectivity index (χ1) is 19.9. The molecule has 0 unspecified atom stereocenters. The molecule has 3 aliphatic heterocycles. The van der Waals surface area contributed by atoms with E-state index in [2.05, 4.69) is 25.3 Å². The Morgan fingerprint density at radius 3 is 2.73 bits per heavy atom. The van der Waals surface area contributed by atoms with Crippen molar-refractivity contribution in [1.82, 2.24) is 29.8 Å². The maximum absolute atomic E-state index is 13.9. The number of anilines is 3. The minimum Gasteiger partial charge on any atom is -0.377 e. The largest absolute Gasteiger partial charge is 0.377 e. The number of alkyl halides is 2. The van der Waals surface area contributed by atoms with E-state index in [1.807, 2.05) is 21.6 Å². The molecular weight excluding hydrogens is 538 g/mol. The molecule has 3 saturated heterocycles. The predicted molar refractivity (Wildman–Crippen MR) is 147 cm³/mol. The van der Waals surface area contributed by atoms with Gasteiger partial charge in [-0.1, -0.05) is 0 Å². The van der Waals surface area contributed by atoms with Gasteiger partial charge in [-0.25, -0.2) is 18.7 Å². The zero-order chi connectivity index (χ0) is 28.8. The van der Waals surface area contributed by atoms with E-state index in [1.54, 1.807) is 0 Å². The molecule has 41 heavy (non-hydrogen) atoms. The van der Waals surface area contributed by atoms with E-state index < -0.39 is 12.1 Å². The quantitative estimate of drug-likeness (QED) is 0.444. The van der Waals surface area contributed by atoms with E-state index in [-0.39, 0.29) is 35.4 Å². The van der Waals surface area contributed by atoms with E-state index in [1.165, 1.54) is 12.6 Å². The summed E-state index contributed by atoms with van der Waals surface area (Å²) in [7, 11) is 0. The number of morpholine rings is 1. The van der Waals surface area contributed by atoms with Crippen molar-refractivity contribution in [2.75, 3.05) is 81.2 Å². The lowest BCUT2D eigenvalue weighted by molar-refractivity contribution is -0.659. The highest BCUT2D eigenvalue weighted by atomic mass is 19.3. The topological polar surface area (TPSA) is 152 Å².